The van der Waals surface area contributed by atoms with Crippen molar-refractivity contribution in [1.82, 2.24) is 5.32 Å². The van der Waals surface area contributed by atoms with Gasteiger partial charge in [0.15, 0.2) is 16.7 Å². The number of nitrogens with zero attached hydrogens (tertiary/aromatic N) is 1. The minimum atomic E-state index is -0.187. The fourth-order valence-electron chi connectivity index (χ4n) is 1.69. The van der Waals surface area contributed by atoms with Crippen LogP contribution in [0.5, 0.6) is 11.5 Å². The zero-order valence-electron chi connectivity index (χ0n) is 11.4. The van der Waals surface area contributed by atoms with Crippen LogP contribution in [0.1, 0.15) is 5.56 Å². The lowest BCUT2D eigenvalue weighted by Crippen LogP contribution is -2.25. The Hall–Kier alpha value is -1.95. The molecule has 0 fully saturated rings. The van der Waals surface area contributed by atoms with Crippen molar-refractivity contribution in [2.45, 2.75) is 0 Å². The average Bonchev–Trinajstić information content (AvgIpc) is 2.97. The van der Waals surface area contributed by atoms with E-state index in [-0.39, 0.29) is 5.91 Å². The first-order valence-electron chi connectivity index (χ1n) is 6.11. The number of nitrogens with one attached hydrogen (secondary N) is 1. The number of amides is 1. The molecule has 1 amide bonds. The Morgan fingerprint density at radius 1 is 1.35 bits per heavy atom. The minimum absolute atomic E-state index is 0.187. The summed E-state index contributed by atoms with van der Waals surface area (Å²) in [5.41, 5.74) is 0.860. The second-order valence-electron chi connectivity index (χ2n) is 3.97. The van der Waals surface area contributed by atoms with Crippen LogP contribution in [0.15, 0.2) is 29.3 Å². The molecule has 0 saturated heterocycles. The number of methoxy groups -OCH3 is 2. The number of ether oxygens (including phenoxy) is 2. The number of hydrogen-bond acceptors (Lipinski definition) is 5. The third-order valence-corrected chi connectivity index (χ3v) is 3.54. The SMILES string of the molecule is COc1ccc(/C=C/C(=O)NC2=NCCS2)cc1OC. The second kappa shape index (κ2) is 7.00. The van der Waals surface area contributed by atoms with Gasteiger partial charge in [0, 0.05) is 11.8 Å². The molecule has 0 saturated carbocycles. The molecule has 5 nitrogen and oxygen atoms in total. The average molecular weight is 292 g/mol. The molecule has 1 heterocycles. The van der Waals surface area contributed by atoms with E-state index in [1.165, 1.54) is 6.08 Å². The molecule has 0 unspecified atom stereocenters. The summed E-state index contributed by atoms with van der Waals surface area (Å²) in [6, 6.07) is 5.46. The first-order chi connectivity index (χ1) is 9.72. The molecule has 0 atom stereocenters. The van der Waals surface area contributed by atoms with Crippen LogP contribution in [0.4, 0.5) is 0 Å². The van der Waals surface area contributed by atoms with Crippen LogP contribution in [-0.4, -0.2) is 37.6 Å². The molecule has 0 aliphatic carbocycles. The molecule has 6 heteroatoms. The Morgan fingerprint density at radius 3 is 2.80 bits per heavy atom. The van der Waals surface area contributed by atoms with Crippen molar-refractivity contribution < 1.29 is 14.3 Å². The quantitative estimate of drug-likeness (QED) is 0.862. The van der Waals surface area contributed by atoms with E-state index < -0.39 is 0 Å². The lowest BCUT2D eigenvalue weighted by molar-refractivity contribution is -0.115. The molecular weight excluding hydrogens is 276 g/mol. The monoisotopic (exact) mass is 292 g/mol. The number of carbonyl (C=O) groups is 1. The van der Waals surface area contributed by atoms with Gasteiger partial charge in [-0.25, -0.2) is 0 Å². The fourth-order valence-corrected chi connectivity index (χ4v) is 2.42. The summed E-state index contributed by atoms with van der Waals surface area (Å²) < 4.78 is 10.4. The normalized spacial score (nSPS) is 14.2. The van der Waals surface area contributed by atoms with E-state index in [1.54, 1.807) is 38.1 Å². The highest BCUT2D eigenvalue weighted by Gasteiger charge is 2.08. The first-order valence-corrected chi connectivity index (χ1v) is 7.10. The second-order valence-corrected chi connectivity index (χ2v) is 5.06. The van der Waals surface area contributed by atoms with Gasteiger partial charge in [-0.05, 0) is 23.8 Å². The van der Waals surface area contributed by atoms with Crippen molar-refractivity contribution in [1.29, 1.82) is 0 Å². The molecule has 0 spiro atoms. The Balaban J connectivity index is 2.01. The van der Waals surface area contributed by atoms with E-state index in [9.17, 15) is 4.79 Å². The number of amidine groups is 1. The number of carbonyl (C=O) groups excluding carboxylic acids is 1. The van der Waals surface area contributed by atoms with Crippen molar-refractivity contribution in [3.8, 4) is 11.5 Å². The van der Waals surface area contributed by atoms with Crippen LogP contribution >= 0.6 is 11.8 Å². The zero-order chi connectivity index (χ0) is 14.4. The number of thioether (sulfide) groups is 1. The summed E-state index contributed by atoms with van der Waals surface area (Å²) in [6.07, 6.45) is 3.19. The van der Waals surface area contributed by atoms with Crippen LogP contribution in [0.2, 0.25) is 0 Å². The van der Waals surface area contributed by atoms with Crippen LogP contribution in [0, 0.1) is 0 Å². The number of rotatable bonds is 4. The van der Waals surface area contributed by atoms with Gasteiger partial charge in [0.05, 0.1) is 20.8 Å². The van der Waals surface area contributed by atoms with Gasteiger partial charge in [0.1, 0.15) is 0 Å². The van der Waals surface area contributed by atoms with Crippen molar-refractivity contribution in [2.24, 2.45) is 4.99 Å². The van der Waals surface area contributed by atoms with E-state index in [0.717, 1.165) is 17.9 Å². The molecular formula is C14H16N2O3S. The Labute approximate surface area is 122 Å². The third-order valence-electron chi connectivity index (χ3n) is 2.65. The molecule has 1 aromatic carbocycles. The lowest BCUT2D eigenvalue weighted by Gasteiger charge is -2.07. The first kappa shape index (κ1) is 14.5. The molecule has 1 aliphatic rings. The van der Waals surface area contributed by atoms with E-state index in [1.807, 2.05) is 12.1 Å². The third kappa shape index (κ3) is 3.77. The largest absolute Gasteiger partial charge is 0.493 e. The molecule has 0 radical (unpaired) electrons. The maximum Gasteiger partial charge on any atom is 0.249 e. The fraction of sp³-hybridized carbons (Fsp3) is 0.286. The van der Waals surface area contributed by atoms with Gasteiger partial charge in [-0.1, -0.05) is 17.8 Å². The summed E-state index contributed by atoms with van der Waals surface area (Å²) in [4.78, 5) is 15.9. The minimum Gasteiger partial charge on any atom is -0.493 e. The van der Waals surface area contributed by atoms with Gasteiger partial charge in [-0.3, -0.25) is 9.79 Å². The molecule has 106 valence electrons. The predicted octanol–water partition coefficient (Wildman–Crippen LogP) is 1.94. The van der Waals surface area contributed by atoms with Crippen LogP contribution in [0.3, 0.4) is 0 Å². The Bertz CT molecular complexity index is 555. The van der Waals surface area contributed by atoms with Crippen LogP contribution in [0.25, 0.3) is 6.08 Å². The summed E-state index contributed by atoms with van der Waals surface area (Å²) >= 11 is 1.55. The molecule has 20 heavy (non-hydrogen) atoms. The Morgan fingerprint density at radius 2 is 2.15 bits per heavy atom. The van der Waals surface area contributed by atoms with Crippen LogP contribution in [-0.2, 0) is 4.79 Å². The highest BCUT2D eigenvalue weighted by atomic mass is 32.2. The van der Waals surface area contributed by atoms with Gasteiger partial charge >= 0.3 is 0 Å². The van der Waals surface area contributed by atoms with Crippen molar-refractivity contribution in [3.05, 3.63) is 29.8 Å². The zero-order valence-corrected chi connectivity index (χ0v) is 12.2. The van der Waals surface area contributed by atoms with Gasteiger partial charge < -0.3 is 14.8 Å². The molecule has 2 rings (SSSR count). The molecule has 0 aromatic heterocycles. The maximum atomic E-state index is 11.7. The Kier molecular flexibility index (Phi) is 5.06. The standard InChI is InChI=1S/C14H16N2O3S/c1-18-11-5-3-10(9-12(11)19-2)4-6-13(17)16-14-15-7-8-20-14/h3-6,9H,7-8H2,1-2H3,(H,15,16,17)/b6-4+. The lowest BCUT2D eigenvalue weighted by atomic mass is 10.2. The van der Waals surface area contributed by atoms with E-state index in [4.69, 9.17) is 9.47 Å². The van der Waals surface area contributed by atoms with Gasteiger partial charge in [-0.15, -0.1) is 0 Å². The molecule has 0 bridgehead atoms. The van der Waals surface area contributed by atoms with E-state index >= 15 is 0 Å². The van der Waals surface area contributed by atoms with Crippen molar-refractivity contribution in [3.63, 3.8) is 0 Å². The van der Waals surface area contributed by atoms with E-state index in [0.29, 0.717) is 16.7 Å². The highest BCUT2D eigenvalue weighted by molar-refractivity contribution is 8.14. The van der Waals surface area contributed by atoms with E-state index in [2.05, 4.69) is 10.3 Å². The molecule has 1 aliphatic heterocycles. The molecule has 1 aromatic rings. The van der Waals surface area contributed by atoms with Crippen molar-refractivity contribution in [2.75, 3.05) is 26.5 Å². The summed E-state index contributed by atoms with van der Waals surface area (Å²) in [6.45, 7) is 0.764. The topological polar surface area (TPSA) is 59.9 Å². The molecule has 1 N–H and O–H groups in total. The summed E-state index contributed by atoms with van der Waals surface area (Å²) in [5.74, 6) is 2.03. The number of benzene rings is 1. The highest BCUT2D eigenvalue weighted by Crippen LogP contribution is 2.27. The number of aliphatic imine (C=N–C) groups is 1. The maximum absolute atomic E-state index is 11.7. The van der Waals surface area contributed by atoms with Crippen molar-refractivity contribution >= 4 is 28.9 Å². The van der Waals surface area contributed by atoms with Gasteiger partial charge in [0.2, 0.25) is 5.91 Å². The van der Waals surface area contributed by atoms with Gasteiger partial charge in [-0.2, -0.15) is 0 Å². The summed E-state index contributed by atoms with van der Waals surface area (Å²) in [7, 11) is 3.16. The summed E-state index contributed by atoms with van der Waals surface area (Å²) in [5, 5.41) is 3.42. The predicted molar refractivity (Wildman–Crippen MR) is 81.5 cm³/mol. The van der Waals surface area contributed by atoms with Crippen LogP contribution < -0.4 is 14.8 Å². The van der Waals surface area contributed by atoms with Gasteiger partial charge in [0.25, 0.3) is 0 Å². The smallest absolute Gasteiger partial charge is 0.249 e. The number of hydrogen-bond donors (Lipinski definition) is 1.